The lowest BCUT2D eigenvalue weighted by Gasteiger charge is -2.42. The standard InChI is InChI=1S/C16H19N3O2/c1-11-9-21-16(2,3)10-19(11)15(20)14-8-17-12-6-4-5-7-13(12)18-14/h4-8,11H,9-10H2,1-3H3/t11-/m0/s1. The Balaban J connectivity index is 1.92. The Bertz CT molecular complexity index is 684. The summed E-state index contributed by atoms with van der Waals surface area (Å²) in [5, 5.41) is 0. The first-order valence-corrected chi connectivity index (χ1v) is 7.13. The second-order valence-corrected chi connectivity index (χ2v) is 6.10. The molecule has 1 amide bonds. The van der Waals surface area contributed by atoms with Crippen LogP contribution >= 0.6 is 0 Å². The number of para-hydroxylation sites is 2. The van der Waals surface area contributed by atoms with Gasteiger partial charge in [0.25, 0.3) is 5.91 Å². The van der Waals surface area contributed by atoms with Crippen LogP contribution in [0.1, 0.15) is 31.3 Å². The van der Waals surface area contributed by atoms with Crippen LogP contribution in [0.2, 0.25) is 0 Å². The van der Waals surface area contributed by atoms with Crippen molar-refractivity contribution in [3.63, 3.8) is 0 Å². The smallest absolute Gasteiger partial charge is 0.274 e. The van der Waals surface area contributed by atoms with E-state index in [1.165, 1.54) is 0 Å². The average molecular weight is 285 g/mol. The summed E-state index contributed by atoms with van der Waals surface area (Å²) in [6, 6.07) is 7.60. The molecular weight excluding hydrogens is 266 g/mol. The van der Waals surface area contributed by atoms with E-state index < -0.39 is 0 Å². The molecule has 110 valence electrons. The summed E-state index contributed by atoms with van der Waals surface area (Å²) < 4.78 is 5.73. The molecule has 1 aromatic carbocycles. The third-order valence-electron chi connectivity index (χ3n) is 3.73. The molecule has 0 unspecified atom stereocenters. The second-order valence-electron chi connectivity index (χ2n) is 6.10. The van der Waals surface area contributed by atoms with E-state index in [-0.39, 0.29) is 17.6 Å². The predicted octanol–water partition coefficient (Wildman–Crippen LogP) is 2.27. The van der Waals surface area contributed by atoms with Gasteiger partial charge < -0.3 is 9.64 Å². The highest BCUT2D eigenvalue weighted by atomic mass is 16.5. The quantitative estimate of drug-likeness (QED) is 0.806. The van der Waals surface area contributed by atoms with E-state index in [0.29, 0.717) is 18.8 Å². The van der Waals surface area contributed by atoms with Crippen molar-refractivity contribution in [2.45, 2.75) is 32.4 Å². The van der Waals surface area contributed by atoms with Crippen LogP contribution in [0.15, 0.2) is 30.5 Å². The van der Waals surface area contributed by atoms with E-state index in [0.717, 1.165) is 11.0 Å². The largest absolute Gasteiger partial charge is 0.372 e. The van der Waals surface area contributed by atoms with E-state index in [4.69, 9.17) is 4.74 Å². The molecule has 5 heteroatoms. The number of aromatic nitrogens is 2. The number of hydrogen-bond acceptors (Lipinski definition) is 4. The van der Waals surface area contributed by atoms with Crippen LogP contribution in [0.3, 0.4) is 0 Å². The lowest BCUT2D eigenvalue weighted by atomic mass is 10.0. The first-order chi connectivity index (χ1) is 9.96. The van der Waals surface area contributed by atoms with Gasteiger partial charge in [-0.05, 0) is 32.9 Å². The van der Waals surface area contributed by atoms with E-state index in [2.05, 4.69) is 9.97 Å². The van der Waals surface area contributed by atoms with Gasteiger partial charge in [0.15, 0.2) is 0 Å². The minimum Gasteiger partial charge on any atom is -0.372 e. The van der Waals surface area contributed by atoms with Crippen molar-refractivity contribution in [1.82, 2.24) is 14.9 Å². The Hall–Kier alpha value is -2.01. The number of nitrogens with zero attached hydrogens (tertiary/aromatic N) is 3. The minimum atomic E-state index is -0.327. The van der Waals surface area contributed by atoms with Crippen molar-refractivity contribution in [2.75, 3.05) is 13.2 Å². The van der Waals surface area contributed by atoms with Gasteiger partial charge in [-0.25, -0.2) is 4.98 Å². The highest BCUT2D eigenvalue weighted by Crippen LogP contribution is 2.22. The van der Waals surface area contributed by atoms with Crippen LogP contribution in [0.25, 0.3) is 11.0 Å². The molecule has 1 aliphatic heterocycles. The summed E-state index contributed by atoms with van der Waals surface area (Å²) in [5.41, 5.74) is 1.60. The molecule has 0 spiro atoms. The number of fused-ring (bicyclic) bond motifs is 1. The van der Waals surface area contributed by atoms with Crippen molar-refractivity contribution in [3.05, 3.63) is 36.2 Å². The second kappa shape index (κ2) is 5.07. The molecule has 21 heavy (non-hydrogen) atoms. The lowest BCUT2D eigenvalue weighted by molar-refractivity contribution is -0.0981. The van der Waals surface area contributed by atoms with Crippen molar-refractivity contribution >= 4 is 16.9 Å². The Labute approximate surface area is 124 Å². The number of benzene rings is 1. The maximum absolute atomic E-state index is 12.7. The zero-order chi connectivity index (χ0) is 15.0. The highest BCUT2D eigenvalue weighted by molar-refractivity contribution is 5.94. The molecule has 1 saturated heterocycles. The number of amides is 1. The Kier molecular flexibility index (Phi) is 3.37. The van der Waals surface area contributed by atoms with Crippen LogP contribution in [-0.2, 0) is 4.74 Å². The molecule has 3 rings (SSSR count). The highest BCUT2D eigenvalue weighted by Gasteiger charge is 2.35. The summed E-state index contributed by atoms with van der Waals surface area (Å²) in [5.74, 6) is -0.0860. The molecule has 2 heterocycles. The molecular formula is C16H19N3O2. The molecule has 1 fully saturated rings. The number of carbonyl (C=O) groups is 1. The monoisotopic (exact) mass is 285 g/mol. The summed E-state index contributed by atoms with van der Waals surface area (Å²) in [6.45, 7) is 7.07. The number of hydrogen-bond donors (Lipinski definition) is 0. The molecule has 0 radical (unpaired) electrons. The van der Waals surface area contributed by atoms with Gasteiger partial charge in [0.2, 0.25) is 0 Å². The van der Waals surface area contributed by atoms with Crippen LogP contribution in [-0.4, -0.2) is 45.6 Å². The number of morpholine rings is 1. The van der Waals surface area contributed by atoms with Crippen molar-refractivity contribution < 1.29 is 9.53 Å². The van der Waals surface area contributed by atoms with E-state index in [1.54, 1.807) is 6.20 Å². The molecule has 1 aliphatic rings. The number of rotatable bonds is 1. The van der Waals surface area contributed by atoms with Gasteiger partial charge in [-0.3, -0.25) is 9.78 Å². The fourth-order valence-electron chi connectivity index (χ4n) is 2.53. The van der Waals surface area contributed by atoms with E-state index in [1.807, 2.05) is 49.9 Å². The average Bonchev–Trinajstić information content (AvgIpc) is 2.48. The Morgan fingerprint density at radius 2 is 2.05 bits per heavy atom. The van der Waals surface area contributed by atoms with Gasteiger partial charge >= 0.3 is 0 Å². The normalized spacial score (nSPS) is 21.5. The van der Waals surface area contributed by atoms with Crippen molar-refractivity contribution in [2.24, 2.45) is 0 Å². The first-order valence-electron chi connectivity index (χ1n) is 7.13. The molecule has 0 aliphatic carbocycles. The maximum Gasteiger partial charge on any atom is 0.274 e. The van der Waals surface area contributed by atoms with Crippen LogP contribution in [0.4, 0.5) is 0 Å². The van der Waals surface area contributed by atoms with Crippen molar-refractivity contribution in [3.8, 4) is 0 Å². The molecule has 0 bridgehead atoms. The number of carbonyl (C=O) groups excluding carboxylic acids is 1. The third kappa shape index (κ3) is 2.74. The molecule has 0 saturated carbocycles. The third-order valence-corrected chi connectivity index (χ3v) is 3.73. The zero-order valence-corrected chi connectivity index (χ0v) is 12.5. The molecule has 0 N–H and O–H groups in total. The summed E-state index contributed by atoms with van der Waals surface area (Å²) in [4.78, 5) is 23.3. The van der Waals surface area contributed by atoms with Gasteiger partial charge in [-0.1, -0.05) is 12.1 Å². The lowest BCUT2D eigenvalue weighted by Crippen LogP contribution is -2.55. The van der Waals surface area contributed by atoms with Gasteiger partial charge in [-0.15, -0.1) is 0 Å². The SMILES string of the molecule is C[C@H]1COC(C)(C)CN1C(=O)c1cnc2ccccc2n1. The van der Waals surface area contributed by atoms with Gasteiger partial charge in [0, 0.05) is 6.54 Å². The predicted molar refractivity (Wildman–Crippen MR) is 80.1 cm³/mol. The zero-order valence-electron chi connectivity index (χ0n) is 12.5. The number of ether oxygens (including phenoxy) is 1. The van der Waals surface area contributed by atoms with E-state index >= 15 is 0 Å². The summed E-state index contributed by atoms with van der Waals surface area (Å²) in [7, 11) is 0. The Morgan fingerprint density at radius 1 is 1.33 bits per heavy atom. The van der Waals surface area contributed by atoms with Gasteiger partial charge in [-0.2, -0.15) is 0 Å². The molecule has 1 aromatic heterocycles. The van der Waals surface area contributed by atoms with Crippen molar-refractivity contribution in [1.29, 1.82) is 0 Å². The molecule has 2 aromatic rings. The Morgan fingerprint density at radius 3 is 2.81 bits per heavy atom. The van der Waals surface area contributed by atoms with Crippen LogP contribution in [0.5, 0.6) is 0 Å². The molecule has 5 nitrogen and oxygen atoms in total. The summed E-state index contributed by atoms with van der Waals surface area (Å²) >= 11 is 0. The van der Waals surface area contributed by atoms with Crippen LogP contribution in [0, 0.1) is 0 Å². The maximum atomic E-state index is 12.7. The summed E-state index contributed by atoms with van der Waals surface area (Å²) in [6.07, 6.45) is 1.56. The first kappa shape index (κ1) is 13.9. The fourth-order valence-corrected chi connectivity index (χ4v) is 2.53. The minimum absolute atomic E-state index is 0.0406. The molecule has 1 atom stereocenters. The van der Waals surface area contributed by atoms with Gasteiger partial charge in [0.05, 0.1) is 35.5 Å². The van der Waals surface area contributed by atoms with Gasteiger partial charge in [0.1, 0.15) is 5.69 Å². The topological polar surface area (TPSA) is 55.3 Å². The van der Waals surface area contributed by atoms with Crippen LogP contribution < -0.4 is 0 Å². The van der Waals surface area contributed by atoms with E-state index in [9.17, 15) is 4.79 Å². The fraction of sp³-hybridized carbons (Fsp3) is 0.438.